The minimum Gasteiger partial charge on any atom is -0.439 e. The van der Waals surface area contributed by atoms with Crippen molar-refractivity contribution in [2.24, 2.45) is 0 Å². The molecule has 0 bridgehead atoms. The van der Waals surface area contributed by atoms with Crippen molar-refractivity contribution in [2.45, 2.75) is 13.0 Å². The number of anilines is 1. The van der Waals surface area contributed by atoms with E-state index in [4.69, 9.17) is 10.2 Å². The summed E-state index contributed by atoms with van der Waals surface area (Å²) >= 11 is 1.13. The molecule has 3 rings (SSSR count). The number of carbonyl (C=O) groups excluding carboxylic acids is 2. The number of nitrogens with two attached hydrogens (primary N) is 1. The summed E-state index contributed by atoms with van der Waals surface area (Å²) in [6.45, 7) is 0.0544. The van der Waals surface area contributed by atoms with Crippen molar-refractivity contribution >= 4 is 39.7 Å². The molecular weight excluding hydrogens is 266 g/mol. The van der Waals surface area contributed by atoms with Gasteiger partial charge in [0.1, 0.15) is 12.1 Å². The minimum atomic E-state index is -0.258. The number of hydrogen-bond acceptors (Lipinski definition) is 6. The number of nitrogen functional groups attached to an aromatic ring is 1. The van der Waals surface area contributed by atoms with Gasteiger partial charge in [-0.3, -0.25) is 14.5 Å². The maximum atomic E-state index is 11.7. The van der Waals surface area contributed by atoms with E-state index in [-0.39, 0.29) is 17.7 Å². The van der Waals surface area contributed by atoms with Crippen LogP contribution in [0.2, 0.25) is 0 Å². The van der Waals surface area contributed by atoms with E-state index in [0.717, 1.165) is 16.7 Å². The van der Waals surface area contributed by atoms with Gasteiger partial charge in [0.05, 0.1) is 5.69 Å². The molecule has 0 unspecified atom stereocenters. The average molecular weight is 277 g/mol. The topological polar surface area (TPSA) is 89.4 Å². The molecule has 1 aliphatic rings. The molecule has 2 N–H and O–H groups in total. The first kappa shape index (κ1) is 12.0. The number of hydrogen-bond donors (Lipinski definition) is 1. The number of rotatable bonds is 2. The predicted octanol–water partition coefficient (Wildman–Crippen LogP) is 2.00. The number of para-hydroxylation sites is 1. The number of thioether (sulfide) groups is 1. The van der Waals surface area contributed by atoms with Gasteiger partial charge in [-0.15, -0.1) is 0 Å². The van der Waals surface area contributed by atoms with Crippen LogP contribution in [0.15, 0.2) is 22.6 Å². The molecule has 0 spiro atoms. The van der Waals surface area contributed by atoms with Crippen molar-refractivity contribution < 1.29 is 14.0 Å². The van der Waals surface area contributed by atoms with E-state index in [1.165, 1.54) is 0 Å². The van der Waals surface area contributed by atoms with E-state index in [2.05, 4.69) is 4.98 Å². The van der Waals surface area contributed by atoms with Gasteiger partial charge in [-0.1, -0.05) is 17.8 Å². The quantitative estimate of drug-likeness (QED) is 0.844. The molecule has 1 aromatic heterocycles. The molecule has 2 aromatic rings. The van der Waals surface area contributed by atoms with Gasteiger partial charge < -0.3 is 10.2 Å². The van der Waals surface area contributed by atoms with E-state index in [0.29, 0.717) is 34.9 Å². The van der Waals surface area contributed by atoms with Gasteiger partial charge in [0.15, 0.2) is 5.58 Å². The highest BCUT2D eigenvalue weighted by Crippen LogP contribution is 2.24. The Bertz CT molecular complexity index is 651. The van der Waals surface area contributed by atoms with Crippen LogP contribution in [0.1, 0.15) is 12.3 Å². The third-order valence-corrected chi connectivity index (χ3v) is 3.73. The summed E-state index contributed by atoms with van der Waals surface area (Å²) in [5, 5.41) is -0.258. The molecule has 19 heavy (non-hydrogen) atoms. The smallest absolute Gasteiger partial charge is 0.288 e. The Morgan fingerprint density at radius 1 is 1.42 bits per heavy atom. The Labute approximate surface area is 112 Å². The van der Waals surface area contributed by atoms with Crippen molar-refractivity contribution in [3.63, 3.8) is 0 Å². The number of fused-ring (bicyclic) bond motifs is 1. The van der Waals surface area contributed by atoms with Gasteiger partial charge in [0, 0.05) is 12.2 Å². The van der Waals surface area contributed by atoms with Gasteiger partial charge in [-0.2, -0.15) is 0 Å². The SMILES string of the molecule is Nc1cccc2oc(CN3C(=O)CCSC3=O)nc12. The summed E-state index contributed by atoms with van der Waals surface area (Å²) in [4.78, 5) is 28.7. The molecule has 2 amide bonds. The van der Waals surface area contributed by atoms with Gasteiger partial charge >= 0.3 is 0 Å². The number of nitrogens with zero attached hydrogens (tertiary/aromatic N) is 2. The highest BCUT2D eigenvalue weighted by atomic mass is 32.2. The molecule has 0 atom stereocenters. The monoisotopic (exact) mass is 277 g/mol. The summed E-state index contributed by atoms with van der Waals surface area (Å²) in [6.07, 6.45) is 0.360. The highest BCUT2D eigenvalue weighted by molar-refractivity contribution is 8.13. The van der Waals surface area contributed by atoms with Crippen LogP contribution < -0.4 is 5.73 Å². The zero-order valence-electron chi connectivity index (χ0n) is 9.96. The summed E-state index contributed by atoms with van der Waals surface area (Å²) in [7, 11) is 0. The fourth-order valence-electron chi connectivity index (χ4n) is 1.91. The van der Waals surface area contributed by atoms with Crippen LogP contribution in [0.5, 0.6) is 0 Å². The van der Waals surface area contributed by atoms with Gasteiger partial charge in [0.2, 0.25) is 11.8 Å². The molecule has 1 aromatic carbocycles. The second kappa shape index (κ2) is 4.58. The lowest BCUT2D eigenvalue weighted by Gasteiger charge is -2.22. The lowest BCUT2D eigenvalue weighted by molar-refractivity contribution is -0.128. The number of aromatic nitrogens is 1. The van der Waals surface area contributed by atoms with Gasteiger partial charge in [-0.25, -0.2) is 4.98 Å². The zero-order valence-corrected chi connectivity index (χ0v) is 10.8. The maximum Gasteiger partial charge on any atom is 0.288 e. The van der Waals surface area contributed by atoms with Crippen molar-refractivity contribution in [1.29, 1.82) is 0 Å². The number of amides is 2. The fourth-order valence-corrected chi connectivity index (χ4v) is 2.69. The lowest BCUT2D eigenvalue weighted by Crippen LogP contribution is -2.37. The largest absolute Gasteiger partial charge is 0.439 e. The van der Waals surface area contributed by atoms with Crippen LogP contribution in [0.3, 0.4) is 0 Å². The van der Waals surface area contributed by atoms with Crippen molar-refractivity contribution in [3.05, 3.63) is 24.1 Å². The van der Waals surface area contributed by atoms with Crippen LogP contribution in [0, 0.1) is 0 Å². The van der Waals surface area contributed by atoms with Crippen LogP contribution in [0.25, 0.3) is 11.1 Å². The van der Waals surface area contributed by atoms with Gasteiger partial charge in [0.25, 0.3) is 5.24 Å². The van der Waals surface area contributed by atoms with E-state index in [9.17, 15) is 9.59 Å². The second-order valence-electron chi connectivity index (χ2n) is 4.15. The molecule has 0 radical (unpaired) electrons. The van der Waals surface area contributed by atoms with E-state index >= 15 is 0 Å². The normalized spacial score (nSPS) is 16.3. The molecule has 1 saturated heterocycles. The Morgan fingerprint density at radius 3 is 3.00 bits per heavy atom. The number of carbonyl (C=O) groups is 2. The maximum absolute atomic E-state index is 11.7. The minimum absolute atomic E-state index is 0.0544. The first-order valence-electron chi connectivity index (χ1n) is 5.76. The highest BCUT2D eigenvalue weighted by Gasteiger charge is 2.28. The Balaban J connectivity index is 1.90. The van der Waals surface area contributed by atoms with Gasteiger partial charge in [-0.05, 0) is 12.1 Å². The average Bonchev–Trinajstić information content (AvgIpc) is 2.78. The van der Waals surface area contributed by atoms with Crippen molar-refractivity contribution in [1.82, 2.24) is 9.88 Å². The molecule has 7 heteroatoms. The van der Waals surface area contributed by atoms with Crippen LogP contribution >= 0.6 is 11.8 Å². The third kappa shape index (κ3) is 2.17. The summed E-state index contributed by atoms with van der Waals surface area (Å²) in [6, 6.07) is 5.23. The van der Waals surface area contributed by atoms with Crippen LogP contribution in [-0.4, -0.2) is 26.8 Å². The van der Waals surface area contributed by atoms with E-state index < -0.39 is 0 Å². The van der Waals surface area contributed by atoms with Crippen LogP contribution in [-0.2, 0) is 11.3 Å². The van der Waals surface area contributed by atoms with Crippen molar-refractivity contribution in [2.75, 3.05) is 11.5 Å². The molecule has 1 fully saturated rings. The van der Waals surface area contributed by atoms with Crippen molar-refractivity contribution in [3.8, 4) is 0 Å². The zero-order chi connectivity index (χ0) is 13.4. The lowest BCUT2D eigenvalue weighted by atomic mass is 10.3. The molecule has 6 nitrogen and oxygen atoms in total. The molecule has 1 aliphatic heterocycles. The number of imide groups is 1. The number of oxazole rings is 1. The molecule has 0 saturated carbocycles. The van der Waals surface area contributed by atoms with Crippen LogP contribution in [0.4, 0.5) is 10.5 Å². The standard InChI is InChI=1S/C12H11N3O3S/c13-7-2-1-3-8-11(7)14-9(18-8)6-15-10(16)4-5-19-12(15)17/h1-3H,4-6,13H2. The molecule has 2 heterocycles. The first-order chi connectivity index (χ1) is 9.15. The summed E-state index contributed by atoms with van der Waals surface area (Å²) in [5.74, 6) is 0.658. The Hall–Kier alpha value is -2.02. The third-order valence-electron chi connectivity index (χ3n) is 2.85. The molecule has 0 aliphatic carbocycles. The Kier molecular flexibility index (Phi) is 2.90. The first-order valence-corrected chi connectivity index (χ1v) is 6.75. The Morgan fingerprint density at radius 2 is 2.26 bits per heavy atom. The molecular formula is C12H11N3O3S. The predicted molar refractivity (Wildman–Crippen MR) is 71.4 cm³/mol. The number of benzene rings is 1. The summed E-state index contributed by atoms with van der Waals surface area (Å²) in [5.41, 5.74) is 7.41. The second-order valence-corrected chi connectivity index (χ2v) is 5.19. The molecule has 98 valence electrons. The van der Waals surface area contributed by atoms with E-state index in [1.807, 2.05) is 0 Å². The van der Waals surface area contributed by atoms with E-state index in [1.54, 1.807) is 18.2 Å². The fraction of sp³-hybridized carbons (Fsp3) is 0.250. The summed E-state index contributed by atoms with van der Waals surface area (Å²) < 4.78 is 5.50.